The molecule has 0 radical (unpaired) electrons. The second-order valence-corrected chi connectivity index (χ2v) is 13.9. The molecule has 11 nitrogen and oxygen atoms in total. The number of esters is 1. The second-order valence-electron chi connectivity index (χ2n) is 13.9. The third-order valence-electron chi connectivity index (χ3n) is 12.9. The van der Waals surface area contributed by atoms with Crippen LogP contribution in [0.4, 0.5) is 0 Å². The summed E-state index contributed by atoms with van der Waals surface area (Å²) in [7, 11) is 6.29. The number of likely N-dealkylation sites (tertiary alicyclic amines) is 1. The van der Waals surface area contributed by atoms with Gasteiger partial charge in [-0.15, -0.1) is 0 Å². The Morgan fingerprint density at radius 3 is 2.33 bits per heavy atom. The lowest BCUT2D eigenvalue weighted by atomic mass is 9.42. The predicted octanol–water partition coefficient (Wildman–Crippen LogP) is 0.0773. The van der Waals surface area contributed by atoms with Gasteiger partial charge in [0, 0.05) is 76.0 Å². The number of rotatable bonds is 8. The molecule has 238 valence electrons. The van der Waals surface area contributed by atoms with Crippen molar-refractivity contribution in [3.63, 3.8) is 0 Å². The summed E-state index contributed by atoms with van der Waals surface area (Å²) < 4.78 is 30.5. The van der Waals surface area contributed by atoms with Gasteiger partial charge in [-0.05, 0) is 31.0 Å². The maximum atomic E-state index is 13.6. The zero-order chi connectivity index (χ0) is 30.7. The van der Waals surface area contributed by atoms with Crippen LogP contribution in [0.2, 0.25) is 0 Å². The Hall–Kier alpha value is -1.67. The zero-order valence-electron chi connectivity index (χ0n) is 25.5. The summed E-state index contributed by atoms with van der Waals surface area (Å²) in [6.07, 6.45) is -5.27. The van der Waals surface area contributed by atoms with Gasteiger partial charge < -0.3 is 44.1 Å². The molecule has 1 aromatic carbocycles. The molecule has 7 bridgehead atoms. The predicted molar refractivity (Wildman–Crippen MR) is 151 cm³/mol. The van der Waals surface area contributed by atoms with Gasteiger partial charge in [0.05, 0.1) is 30.5 Å². The molecule has 0 aromatic heterocycles. The number of fused-ring (bicyclic) bond motifs is 2. The van der Waals surface area contributed by atoms with Crippen molar-refractivity contribution in [2.45, 2.75) is 73.6 Å². The summed E-state index contributed by atoms with van der Waals surface area (Å²) in [6, 6.07) is 8.25. The highest BCUT2D eigenvalue weighted by molar-refractivity contribution is 5.89. The lowest BCUT2D eigenvalue weighted by Crippen LogP contribution is -2.81. The molecule has 6 fully saturated rings. The van der Waals surface area contributed by atoms with Crippen LogP contribution in [0.1, 0.15) is 30.1 Å². The van der Waals surface area contributed by atoms with E-state index in [0.717, 1.165) is 0 Å². The van der Waals surface area contributed by atoms with E-state index in [1.54, 1.807) is 51.7 Å². The van der Waals surface area contributed by atoms with Gasteiger partial charge in [-0.2, -0.15) is 0 Å². The van der Waals surface area contributed by atoms with Gasteiger partial charge in [0.2, 0.25) is 0 Å². The zero-order valence-corrected chi connectivity index (χ0v) is 25.5. The topological polar surface area (TPSA) is 147 Å². The van der Waals surface area contributed by atoms with Gasteiger partial charge in [0.1, 0.15) is 29.5 Å². The van der Waals surface area contributed by atoms with E-state index in [1.165, 1.54) is 7.11 Å². The van der Waals surface area contributed by atoms with Crippen molar-refractivity contribution in [3.05, 3.63) is 35.9 Å². The number of aliphatic hydroxyl groups excluding tert-OH is 2. The summed E-state index contributed by atoms with van der Waals surface area (Å²) in [4.78, 5) is 15.8. The molecule has 1 aromatic rings. The van der Waals surface area contributed by atoms with E-state index in [-0.39, 0.29) is 25.0 Å². The first kappa shape index (κ1) is 30.0. The number of aliphatic hydroxyl groups is 4. The van der Waals surface area contributed by atoms with Crippen LogP contribution >= 0.6 is 0 Å². The van der Waals surface area contributed by atoms with Crippen LogP contribution in [-0.2, 0) is 23.7 Å². The number of nitrogens with zero attached hydrogens (tertiary/aromatic N) is 1. The van der Waals surface area contributed by atoms with Crippen molar-refractivity contribution < 1.29 is 48.9 Å². The summed E-state index contributed by atoms with van der Waals surface area (Å²) in [5, 5.41) is 49.7. The summed E-state index contributed by atoms with van der Waals surface area (Å²) in [5.74, 6) is -2.94. The monoisotopic (exact) mass is 603 g/mol. The molecule has 5 saturated carbocycles. The molecule has 4 N–H and O–H groups in total. The fourth-order valence-electron chi connectivity index (χ4n) is 11.9. The van der Waals surface area contributed by atoms with Crippen LogP contribution in [0.25, 0.3) is 0 Å². The number of piperidine rings is 1. The maximum absolute atomic E-state index is 13.6. The number of hydrogen-bond donors (Lipinski definition) is 4. The average molecular weight is 604 g/mol. The summed E-state index contributed by atoms with van der Waals surface area (Å²) in [6.45, 7) is 3.46. The Balaban J connectivity index is 1.48. The molecule has 1 saturated heterocycles. The Morgan fingerprint density at radius 1 is 1.00 bits per heavy atom. The van der Waals surface area contributed by atoms with Crippen molar-refractivity contribution in [1.29, 1.82) is 0 Å². The quantitative estimate of drug-likeness (QED) is 0.300. The first-order chi connectivity index (χ1) is 20.6. The lowest BCUT2D eigenvalue weighted by molar-refractivity contribution is -0.320. The fraction of sp³-hybridized carbons (Fsp3) is 0.781. The van der Waals surface area contributed by atoms with Gasteiger partial charge in [0.25, 0.3) is 0 Å². The molecule has 1 aliphatic heterocycles. The molecule has 15 atom stereocenters. The van der Waals surface area contributed by atoms with Crippen LogP contribution in [-0.4, -0.2) is 133 Å². The van der Waals surface area contributed by atoms with Gasteiger partial charge in [-0.1, -0.05) is 25.1 Å². The van der Waals surface area contributed by atoms with E-state index in [0.29, 0.717) is 25.1 Å². The molecule has 5 aliphatic carbocycles. The molecule has 0 amide bonds. The smallest absolute Gasteiger partial charge is 0.338 e. The van der Waals surface area contributed by atoms with E-state index >= 15 is 0 Å². The van der Waals surface area contributed by atoms with Crippen molar-refractivity contribution in [3.8, 4) is 0 Å². The molecule has 43 heavy (non-hydrogen) atoms. The summed E-state index contributed by atoms with van der Waals surface area (Å²) >= 11 is 0. The molecule has 1 spiro atoms. The Morgan fingerprint density at radius 2 is 1.72 bits per heavy atom. The van der Waals surface area contributed by atoms with E-state index in [9.17, 15) is 25.2 Å². The second kappa shape index (κ2) is 9.91. The van der Waals surface area contributed by atoms with E-state index < -0.39 is 82.4 Å². The molecule has 11 heteroatoms. The molecular formula is C32H45NO10. The maximum Gasteiger partial charge on any atom is 0.338 e. The van der Waals surface area contributed by atoms with Gasteiger partial charge in [0.15, 0.2) is 0 Å². The standard InChI is InChI=1S/C32H45NO10/c1-6-33-14-29(15-39-2)18(34)12-19(40-3)31-17-13-30(37)26(43-28(36)16-10-8-7-9-11-16)20(17)32(38,25(35)27(30)42-5)21(24(31)33)22(41-4)23(29)31/h7-11,17-27,34-35,37-38H,6,12-15H2,1-5H3/t17-,18-,19+,20-,21+,22+,23-,24?,25+,26-,27+,29+,30-,31+,32-/m1/s1. The number of methoxy groups -OCH3 is 4. The highest BCUT2D eigenvalue weighted by atomic mass is 16.6. The molecule has 7 rings (SSSR count). The first-order valence-electron chi connectivity index (χ1n) is 15.5. The molecule has 1 unspecified atom stereocenters. The third kappa shape index (κ3) is 3.28. The van der Waals surface area contributed by atoms with Crippen LogP contribution < -0.4 is 0 Å². The van der Waals surface area contributed by atoms with Crippen molar-refractivity contribution in [2.24, 2.45) is 34.5 Å². The highest BCUT2D eigenvalue weighted by Gasteiger charge is 2.91. The Bertz CT molecular complexity index is 1250. The van der Waals surface area contributed by atoms with Crippen LogP contribution in [0, 0.1) is 34.5 Å². The number of hydrogen-bond acceptors (Lipinski definition) is 11. The van der Waals surface area contributed by atoms with Crippen LogP contribution in [0.5, 0.6) is 0 Å². The number of carbonyl (C=O) groups excluding carboxylic acids is 1. The minimum Gasteiger partial charge on any atom is -0.455 e. The van der Waals surface area contributed by atoms with E-state index in [1.807, 2.05) is 0 Å². The minimum atomic E-state index is -1.86. The number of benzene rings is 1. The number of carbonyl (C=O) groups is 1. The fourth-order valence-corrected chi connectivity index (χ4v) is 11.9. The summed E-state index contributed by atoms with van der Waals surface area (Å²) in [5.41, 5.74) is -4.81. The van der Waals surface area contributed by atoms with Crippen molar-refractivity contribution in [2.75, 3.05) is 48.1 Å². The molecule has 1 heterocycles. The molecule has 6 aliphatic rings. The van der Waals surface area contributed by atoms with Crippen LogP contribution in [0.3, 0.4) is 0 Å². The number of ether oxygens (including phenoxy) is 5. The van der Waals surface area contributed by atoms with E-state index in [2.05, 4.69) is 11.8 Å². The SMILES string of the molecule is CCN1C[C@]2(COC)[C@H](O)C[C@H](OC)[C@]34C1[C@H]([C@H](OC)[C@H]23)[C@]1(O)[C@H]2[C@@H](OC(=O)c3ccccc3)[C@](O)(C[C@H]24)[C@@H](OC)[C@@H]1O. The first-order valence-corrected chi connectivity index (χ1v) is 15.5. The van der Waals surface area contributed by atoms with Crippen molar-refractivity contribution in [1.82, 2.24) is 4.90 Å². The largest absolute Gasteiger partial charge is 0.455 e. The van der Waals surface area contributed by atoms with Gasteiger partial charge >= 0.3 is 5.97 Å². The van der Waals surface area contributed by atoms with E-state index in [4.69, 9.17) is 23.7 Å². The third-order valence-corrected chi connectivity index (χ3v) is 12.9. The van der Waals surface area contributed by atoms with Gasteiger partial charge in [-0.3, -0.25) is 4.90 Å². The normalized spacial score (nSPS) is 52.7. The molecular weight excluding hydrogens is 558 g/mol. The highest BCUT2D eigenvalue weighted by Crippen LogP contribution is 2.80. The minimum absolute atomic E-state index is 0.106. The average Bonchev–Trinajstić information content (AvgIpc) is 3.39. The Kier molecular flexibility index (Phi) is 6.92. The van der Waals surface area contributed by atoms with Crippen LogP contribution in [0.15, 0.2) is 30.3 Å². The van der Waals surface area contributed by atoms with Crippen molar-refractivity contribution >= 4 is 5.97 Å². The Labute approximate surface area is 252 Å². The van der Waals surface area contributed by atoms with Gasteiger partial charge in [-0.25, -0.2) is 4.79 Å². The lowest BCUT2D eigenvalue weighted by Gasteiger charge is -2.70.